The van der Waals surface area contributed by atoms with E-state index in [0.717, 1.165) is 12.0 Å². The maximum absolute atomic E-state index is 13.6. The first-order valence-corrected chi connectivity index (χ1v) is 13.3. The summed E-state index contributed by atoms with van der Waals surface area (Å²) in [5, 5.41) is 3.93. The van der Waals surface area contributed by atoms with Crippen molar-refractivity contribution in [2.75, 3.05) is 47.1 Å². The van der Waals surface area contributed by atoms with Crippen LogP contribution in [0.25, 0.3) is 0 Å². The Morgan fingerprint density at radius 1 is 1.06 bits per heavy atom. The molecule has 35 heavy (non-hydrogen) atoms. The Morgan fingerprint density at radius 2 is 1.89 bits per heavy atom. The minimum atomic E-state index is -0.236. The van der Waals surface area contributed by atoms with Gasteiger partial charge in [-0.1, -0.05) is 18.2 Å². The molecule has 0 saturated carbocycles. The van der Waals surface area contributed by atoms with Crippen LogP contribution in [-0.2, 0) is 16.0 Å². The Labute approximate surface area is 213 Å². The van der Waals surface area contributed by atoms with E-state index in [1.165, 1.54) is 16.2 Å². The van der Waals surface area contributed by atoms with Crippen molar-refractivity contribution in [1.82, 2.24) is 9.80 Å². The van der Waals surface area contributed by atoms with Crippen LogP contribution in [0.4, 0.5) is 0 Å². The zero-order chi connectivity index (χ0) is 24.6. The highest BCUT2D eigenvalue weighted by atomic mass is 32.1. The Bertz CT molecular complexity index is 1110. The number of benzene rings is 1. The third-order valence-electron chi connectivity index (χ3n) is 6.00. The smallest absolute Gasteiger partial charge is 0.264 e. The van der Waals surface area contributed by atoms with E-state index in [0.29, 0.717) is 49.1 Å². The largest absolute Gasteiger partial charge is 0.493 e. The predicted octanol–water partition coefficient (Wildman–Crippen LogP) is 4.50. The van der Waals surface area contributed by atoms with Gasteiger partial charge in [0.1, 0.15) is 13.2 Å². The van der Waals surface area contributed by atoms with Gasteiger partial charge in [0.2, 0.25) is 5.91 Å². The molecule has 0 fully saturated rings. The van der Waals surface area contributed by atoms with Crippen LogP contribution < -0.4 is 9.47 Å². The Kier molecular flexibility index (Phi) is 8.79. The number of thiophene rings is 2. The molecule has 0 aliphatic carbocycles. The minimum absolute atomic E-state index is 0.0189. The van der Waals surface area contributed by atoms with E-state index in [2.05, 4.69) is 11.4 Å². The lowest BCUT2D eigenvalue weighted by atomic mass is 10.0. The summed E-state index contributed by atoms with van der Waals surface area (Å²) < 4.78 is 16.7. The van der Waals surface area contributed by atoms with Gasteiger partial charge in [0.25, 0.3) is 5.91 Å². The SMILES string of the molecule is COCCCN(CC(=O)N1CCc2sccc2[C@@H]1COc1ccccc1OC)C(=O)c1cccs1. The van der Waals surface area contributed by atoms with Crippen molar-refractivity contribution in [2.45, 2.75) is 18.9 Å². The molecule has 2 aromatic heterocycles. The number of ether oxygens (including phenoxy) is 3. The Balaban J connectivity index is 1.52. The van der Waals surface area contributed by atoms with Gasteiger partial charge in [0.05, 0.1) is 18.0 Å². The molecule has 9 heteroatoms. The van der Waals surface area contributed by atoms with E-state index in [1.807, 2.05) is 40.6 Å². The van der Waals surface area contributed by atoms with Crippen molar-refractivity contribution in [1.29, 1.82) is 0 Å². The Hall–Kier alpha value is -2.88. The fourth-order valence-electron chi connectivity index (χ4n) is 4.24. The van der Waals surface area contributed by atoms with Crippen LogP contribution in [0.5, 0.6) is 11.5 Å². The predicted molar refractivity (Wildman–Crippen MR) is 138 cm³/mol. The summed E-state index contributed by atoms with van der Waals surface area (Å²) >= 11 is 3.09. The number of fused-ring (bicyclic) bond motifs is 1. The molecule has 186 valence electrons. The molecular weight excluding hydrogens is 484 g/mol. The van der Waals surface area contributed by atoms with E-state index in [4.69, 9.17) is 14.2 Å². The van der Waals surface area contributed by atoms with Gasteiger partial charge in [-0.15, -0.1) is 22.7 Å². The maximum atomic E-state index is 13.6. The van der Waals surface area contributed by atoms with Crippen LogP contribution in [0.15, 0.2) is 53.2 Å². The van der Waals surface area contributed by atoms with Crippen LogP contribution in [-0.4, -0.2) is 68.7 Å². The van der Waals surface area contributed by atoms with Crippen LogP contribution in [0, 0.1) is 0 Å². The highest BCUT2D eigenvalue weighted by Crippen LogP contribution is 2.35. The number of carbonyl (C=O) groups is 2. The normalized spacial score (nSPS) is 14.9. The second-order valence-electron chi connectivity index (χ2n) is 8.16. The standard InChI is InChI=1S/C26H30N2O5S2/c1-31-14-6-12-27(26(30)24-9-5-15-34-24)17-25(29)28-13-10-23-19(11-16-35-23)20(28)18-33-22-8-4-3-7-21(22)32-2/h3-5,7-9,11,15-16,20H,6,10,12-14,17-18H2,1-2H3/t20-/m0/s1. The number of hydrogen-bond donors (Lipinski definition) is 0. The van der Waals surface area contributed by atoms with Crippen molar-refractivity contribution >= 4 is 34.5 Å². The average molecular weight is 515 g/mol. The van der Waals surface area contributed by atoms with E-state index in [1.54, 1.807) is 36.5 Å². The summed E-state index contributed by atoms with van der Waals surface area (Å²) in [6.45, 7) is 1.89. The zero-order valence-electron chi connectivity index (χ0n) is 20.0. The van der Waals surface area contributed by atoms with E-state index < -0.39 is 0 Å². The maximum Gasteiger partial charge on any atom is 0.264 e. The number of amides is 2. The van der Waals surface area contributed by atoms with Gasteiger partial charge in [-0.25, -0.2) is 0 Å². The molecule has 3 aromatic rings. The first-order chi connectivity index (χ1) is 17.1. The number of hydrogen-bond acceptors (Lipinski definition) is 7. The summed E-state index contributed by atoms with van der Waals surface area (Å²) in [6, 6.07) is 13.0. The van der Waals surface area contributed by atoms with E-state index in [9.17, 15) is 9.59 Å². The molecular formula is C26H30N2O5S2. The molecule has 7 nitrogen and oxygen atoms in total. The highest BCUT2D eigenvalue weighted by Gasteiger charge is 2.34. The fourth-order valence-corrected chi connectivity index (χ4v) is 5.86. The molecule has 0 unspecified atom stereocenters. The van der Waals surface area contributed by atoms with Crippen molar-refractivity contribution in [3.63, 3.8) is 0 Å². The number of carbonyl (C=O) groups excluding carboxylic acids is 2. The third-order valence-corrected chi connectivity index (χ3v) is 7.86. The van der Waals surface area contributed by atoms with Gasteiger partial charge in [-0.3, -0.25) is 9.59 Å². The molecule has 1 atom stereocenters. The minimum Gasteiger partial charge on any atom is -0.493 e. The fraction of sp³-hybridized carbons (Fsp3) is 0.385. The lowest BCUT2D eigenvalue weighted by molar-refractivity contribution is -0.135. The van der Waals surface area contributed by atoms with Crippen molar-refractivity contribution in [3.05, 3.63) is 68.5 Å². The lowest BCUT2D eigenvalue weighted by Crippen LogP contribution is -2.48. The lowest BCUT2D eigenvalue weighted by Gasteiger charge is -2.37. The molecule has 3 heterocycles. The summed E-state index contributed by atoms with van der Waals surface area (Å²) in [5.74, 6) is 1.08. The molecule has 1 aromatic carbocycles. The second-order valence-corrected chi connectivity index (χ2v) is 10.1. The number of rotatable bonds is 11. The topological polar surface area (TPSA) is 68.3 Å². The van der Waals surface area contributed by atoms with E-state index >= 15 is 0 Å². The van der Waals surface area contributed by atoms with Crippen LogP contribution in [0.3, 0.4) is 0 Å². The molecule has 1 aliphatic heterocycles. The number of nitrogens with zero attached hydrogens (tertiary/aromatic N) is 2. The molecule has 0 bridgehead atoms. The van der Waals surface area contributed by atoms with Gasteiger partial charge >= 0.3 is 0 Å². The van der Waals surface area contributed by atoms with Crippen molar-refractivity contribution in [2.24, 2.45) is 0 Å². The van der Waals surface area contributed by atoms with Gasteiger partial charge in [0, 0.05) is 31.7 Å². The van der Waals surface area contributed by atoms with Crippen molar-refractivity contribution in [3.8, 4) is 11.5 Å². The quantitative estimate of drug-likeness (QED) is 0.353. The molecule has 0 N–H and O–H groups in total. The summed E-state index contributed by atoms with van der Waals surface area (Å²) in [4.78, 5) is 32.1. The summed E-state index contributed by atoms with van der Waals surface area (Å²) in [5.41, 5.74) is 1.11. The number of methoxy groups -OCH3 is 2. The van der Waals surface area contributed by atoms with Crippen LogP contribution >= 0.6 is 22.7 Å². The first kappa shape index (κ1) is 25.2. The summed E-state index contributed by atoms with van der Waals surface area (Å²) in [6.07, 6.45) is 1.46. The number of para-hydroxylation sites is 2. The molecule has 4 rings (SSSR count). The Morgan fingerprint density at radius 3 is 2.63 bits per heavy atom. The van der Waals surface area contributed by atoms with Gasteiger partial charge in [-0.05, 0) is 53.4 Å². The molecule has 0 radical (unpaired) electrons. The van der Waals surface area contributed by atoms with Gasteiger partial charge in [0.15, 0.2) is 11.5 Å². The van der Waals surface area contributed by atoms with Gasteiger partial charge in [-0.2, -0.15) is 0 Å². The molecule has 1 aliphatic rings. The van der Waals surface area contributed by atoms with E-state index in [-0.39, 0.29) is 24.4 Å². The van der Waals surface area contributed by atoms with Gasteiger partial charge < -0.3 is 24.0 Å². The monoisotopic (exact) mass is 514 g/mol. The molecule has 0 saturated heterocycles. The third kappa shape index (κ3) is 6.04. The van der Waals surface area contributed by atoms with Crippen molar-refractivity contribution < 1.29 is 23.8 Å². The zero-order valence-corrected chi connectivity index (χ0v) is 21.6. The summed E-state index contributed by atoms with van der Waals surface area (Å²) in [7, 11) is 3.24. The highest BCUT2D eigenvalue weighted by molar-refractivity contribution is 7.12. The van der Waals surface area contributed by atoms with Crippen LogP contribution in [0.2, 0.25) is 0 Å². The molecule has 2 amide bonds. The molecule has 0 spiro atoms. The van der Waals surface area contributed by atoms with Crippen LogP contribution in [0.1, 0.15) is 32.6 Å². The first-order valence-electron chi connectivity index (χ1n) is 11.6. The average Bonchev–Trinajstić information content (AvgIpc) is 3.59. The second kappa shape index (κ2) is 12.2.